The zero-order valence-corrected chi connectivity index (χ0v) is 14.5. The van der Waals surface area contributed by atoms with Gasteiger partial charge in [0.25, 0.3) is 0 Å². The third kappa shape index (κ3) is 6.61. The lowest BCUT2D eigenvalue weighted by atomic mass is 9.82. The van der Waals surface area contributed by atoms with Crippen LogP contribution in [-0.4, -0.2) is 19.2 Å². The average Bonchev–Trinajstić information content (AvgIpc) is 2.45. The van der Waals surface area contributed by atoms with E-state index in [9.17, 15) is 4.79 Å². The van der Waals surface area contributed by atoms with Gasteiger partial charge in [0.05, 0.1) is 6.61 Å². The molecular formula is C19H30O3. The van der Waals surface area contributed by atoms with Crippen molar-refractivity contribution in [2.75, 3.05) is 6.61 Å². The molecule has 0 aliphatic rings. The normalized spacial score (nSPS) is 14.1. The maximum Gasteiger partial charge on any atom is 0.196 e. The van der Waals surface area contributed by atoms with Crippen LogP contribution < -0.4 is 4.74 Å². The van der Waals surface area contributed by atoms with Crippen LogP contribution in [0.25, 0.3) is 0 Å². The lowest BCUT2D eigenvalue weighted by Gasteiger charge is -2.24. The first kappa shape index (κ1) is 18.7. The van der Waals surface area contributed by atoms with Crippen LogP contribution in [0.4, 0.5) is 0 Å². The molecule has 0 radical (unpaired) electrons. The maximum absolute atomic E-state index is 10.3. The molecule has 0 saturated heterocycles. The second kappa shape index (κ2) is 9.62. The molecule has 0 fully saturated rings. The van der Waals surface area contributed by atoms with Crippen LogP contribution in [0, 0.1) is 11.8 Å². The van der Waals surface area contributed by atoms with Crippen molar-refractivity contribution in [3.8, 4) is 5.75 Å². The highest BCUT2D eigenvalue weighted by Crippen LogP contribution is 2.32. The van der Waals surface area contributed by atoms with E-state index in [2.05, 4.69) is 39.8 Å². The third-order valence-electron chi connectivity index (χ3n) is 3.73. The first-order chi connectivity index (χ1) is 10.4. The zero-order chi connectivity index (χ0) is 16.5. The van der Waals surface area contributed by atoms with Crippen LogP contribution in [0.1, 0.15) is 58.9 Å². The van der Waals surface area contributed by atoms with Gasteiger partial charge in [0, 0.05) is 6.42 Å². The fourth-order valence-corrected chi connectivity index (χ4v) is 2.60. The quantitative estimate of drug-likeness (QED) is 0.354. The monoisotopic (exact) mass is 306 g/mol. The van der Waals surface area contributed by atoms with Gasteiger partial charge in [-0.25, -0.2) is 0 Å². The maximum atomic E-state index is 10.3. The van der Waals surface area contributed by atoms with Gasteiger partial charge < -0.3 is 14.3 Å². The predicted octanol–water partition coefficient (Wildman–Crippen LogP) is 4.80. The Balaban J connectivity index is 2.62. The molecule has 0 bridgehead atoms. The molecule has 0 aliphatic carbocycles. The molecular weight excluding hydrogens is 276 g/mol. The van der Waals surface area contributed by atoms with E-state index in [1.165, 1.54) is 12.0 Å². The van der Waals surface area contributed by atoms with Crippen LogP contribution in [-0.2, 0) is 9.53 Å². The summed E-state index contributed by atoms with van der Waals surface area (Å²) in [6.45, 7) is 11.3. The van der Waals surface area contributed by atoms with E-state index in [1.807, 2.05) is 19.1 Å². The molecule has 22 heavy (non-hydrogen) atoms. The topological polar surface area (TPSA) is 35.5 Å². The minimum absolute atomic E-state index is 0.345. The van der Waals surface area contributed by atoms with E-state index in [4.69, 9.17) is 9.47 Å². The summed E-state index contributed by atoms with van der Waals surface area (Å²) in [6, 6.07) is 8.32. The van der Waals surface area contributed by atoms with Crippen LogP contribution in [0.5, 0.6) is 5.75 Å². The van der Waals surface area contributed by atoms with Gasteiger partial charge in [-0.3, -0.25) is 0 Å². The van der Waals surface area contributed by atoms with Crippen molar-refractivity contribution in [1.82, 2.24) is 0 Å². The van der Waals surface area contributed by atoms with Crippen LogP contribution >= 0.6 is 0 Å². The second-order valence-corrected chi connectivity index (χ2v) is 6.56. The molecule has 3 nitrogen and oxygen atoms in total. The molecule has 0 aromatic heterocycles. The van der Waals surface area contributed by atoms with E-state index < -0.39 is 0 Å². The SMILES string of the molecule is CC(C)CC(c1ccc(OC(C)OCCC=O)cc1)C(C)C. The van der Waals surface area contributed by atoms with E-state index in [1.54, 1.807) is 0 Å². The number of hydrogen-bond acceptors (Lipinski definition) is 3. The Labute approximate surface area is 135 Å². The molecule has 0 amide bonds. The van der Waals surface area contributed by atoms with Crippen LogP contribution in [0.2, 0.25) is 0 Å². The Kier molecular flexibility index (Phi) is 8.18. The number of carbonyl (C=O) groups is 1. The minimum atomic E-state index is -0.345. The van der Waals surface area contributed by atoms with Gasteiger partial charge >= 0.3 is 0 Å². The molecule has 1 rings (SSSR count). The van der Waals surface area contributed by atoms with Gasteiger partial charge in [0.2, 0.25) is 0 Å². The van der Waals surface area contributed by atoms with Crippen molar-refractivity contribution >= 4 is 6.29 Å². The van der Waals surface area contributed by atoms with Gasteiger partial charge in [-0.05, 0) is 48.8 Å². The highest BCUT2D eigenvalue weighted by molar-refractivity contribution is 5.49. The minimum Gasteiger partial charge on any atom is -0.465 e. The molecule has 0 N–H and O–H groups in total. The van der Waals surface area contributed by atoms with Gasteiger partial charge in [-0.2, -0.15) is 0 Å². The second-order valence-electron chi connectivity index (χ2n) is 6.56. The molecule has 1 aromatic rings. The predicted molar refractivity (Wildman–Crippen MR) is 90.2 cm³/mol. The summed E-state index contributed by atoms with van der Waals surface area (Å²) in [5.74, 6) is 2.69. The Morgan fingerprint density at radius 1 is 1.05 bits per heavy atom. The fraction of sp³-hybridized carbons (Fsp3) is 0.632. The Bertz CT molecular complexity index is 423. The first-order valence-electron chi connectivity index (χ1n) is 8.25. The summed E-state index contributed by atoms with van der Waals surface area (Å²) in [7, 11) is 0. The molecule has 2 unspecified atom stereocenters. The molecule has 0 saturated carbocycles. The number of rotatable bonds is 10. The molecule has 124 valence electrons. The van der Waals surface area contributed by atoms with Crippen molar-refractivity contribution in [3.63, 3.8) is 0 Å². The van der Waals surface area contributed by atoms with Gasteiger partial charge in [-0.1, -0.05) is 39.8 Å². The summed E-state index contributed by atoms with van der Waals surface area (Å²) in [5, 5.41) is 0. The number of carbonyl (C=O) groups excluding carboxylic acids is 1. The summed E-state index contributed by atoms with van der Waals surface area (Å²) in [4.78, 5) is 10.3. The van der Waals surface area contributed by atoms with Gasteiger partial charge in [0.1, 0.15) is 12.0 Å². The third-order valence-corrected chi connectivity index (χ3v) is 3.73. The van der Waals surface area contributed by atoms with Crippen molar-refractivity contribution < 1.29 is 14.3 Å². The van der Waals surface area contributed by atoms with E-state index in [0.29, 0.717) is 30.8 Å². The van der Waals surface area contributed by atoms with Crippen LogP contribution in [0.15, 0.2) is 24.3 Å². The van der Waals surface area contributed by atoms with Gasteiger partial charge in [-0.15, -0.1) is 0 Å². The Morgan fingerprint density at radius 2 is 1.68 bits per heavy atom. The highest BCUT2D eigenvalue weighted by atomic mass is 16.7. The lowest BCUT2D eigenvalue weighted by molar-refractivity contribution is -0.111. The van der Waals surface area contributed by atoms with Gasteiger partial charge in [0.15, 0.2) is 6.29 Å². The molecule has 3 heteroatoms. The number of aldehydes is 1. The summed E-state index contributed by atoms with van der Waals surface area (Å²) in [5.41, 5.74) is 1.37. The fourth-order valence-electron chi connectivity index (χ4n) is 2.60. The molecule has 0 heterocycles. The number of ether oxygens (including phenoxy) is 2. The van der Waals surface area contributed by atoms with Crippen LogP contribution in [0.3, 0.4) is 0 Å². The molecule has 0 aliphatic heterocycles. The zero-order valence-electron chi connectivity index (χ0n) is 14.5. The highest BCUT2D eigenvalue weighted by Gasteiger charge is 2.17. The van der Waals surface area contributed by atoms with E-state index in [0.717, 1.165) is 12.0 Å². The van der Waals surface area contributed by atoms with E-state index in [-0.39, 0.29) is 6.29 Å². The van der Waals surface area contributed by atoms with Crippen molar-refractivity contribution in [2.24, 2.45) is 11.8 Å². The molecule has 0 spiro atoms. The number of hydrogen-bond donors (Lipinski definition) is 0. The largest absolute Gasteiger partial charge is 0.465 e. The average molecular weight is 306 g/mol. The summed E-state index contributed by atoms with van der Waals surface area (Å²) in [6.07, 6.45) is 2.10. The summed E-state index contributed by atoms with van der Waals surface area (Å²) >= 11 is 0. The first-order valence-corrected chi connectivity index (χ1v) is 8.25. The Morgan fingerprint density at radius 3 is 2.18 bits per heavy atom. The lowest BCUT2D eigenvalue weighted by Crippen LogP contribution is -2.17. The molecule has 2 atom stereocenters. The Hall–Kier alpha value is -1.35. The summed E-state index contributed by atoms with van der Waals surface area (Å²) < 4.78 is 11.1. The smallest absolute Gasteiger partial charge is 0.196 e. The van der Waals surface area contributed by atoms with Crippen molar-refractivity contribution in [2.45, 2.75) is 59.7 Å². The van der Waals surface area contributed by atoms with Crippen molar-refractivity contribution in [1.29, 1.82) is 0 Å². The van der Waals surface area contributed by atoms with E-state index >= 15 is 0 Å². The molecule has 1 aromatic carbocycles. The number of benzene rings is 1. The standard InChI is InChI=1S/C19H30O3/c1-14(2)13-19(15(3)4)17-7-9-18(10-8-17)22-16(5)21-12-6-11-20/h7-11,14-16,19H,6,12-13H2,1-5H3. The van der Waals surface area contributed by atoms with Crippen molar-refractivity contribution in [3.05, 3.63) is 29.8 Å².